The molecule has 0 amide bonds. The first-order valence-electron chi connectivity index (χ1n) is 8.38. The van der Waals surface area contributed by atoms with E-state index in [-0.39, 0.29) is 28.8 Å². The molecule has 1 aliphatic heterocycles. The minimum atomic E-state index is -1.88. The minimum absolute atomic E-state index is 0.0716. The molecule has 2 aromatic rings. The Morgan fingerprint density at radius 2 is 1.85 bits per heavy atom. The molecule has 27 heavy (non-hydrogen) atoms. The molecule has 1 aromatic carbocycles. The van der Waals surface area contributed by atoms with Crippen LogP contribution in [0.3, 0.4) is 0 Å². The van der Waals surface area contributed by atoms with Crippen molar-refractivity contribution in [1.82, 2.24) is 19.9 Å². The molecule has 0 saturated carbocycles. The van der Waals surface area contributed by atoms with Gasteiger partial charge in [-0.2, -0.15) is 9.97 Å². The van der Waals surface area contributed by atoms with Crippen LogP contribution in [0.25, 0.3) is 11.4 Å². The van der Waals surface area contributed by atoms with Gasteiger partial charge in [-0.25, -0.2) is 4.98 Å². The van der Waals surface area contributed by atoms with E-state index in [0.29, 0.717) is 6.54 Å². The first kappa shape index (κ1) is 20.0. The zero-order chi connectivity index (χ0) is 19.4. The molecule has 0 aliphatic carbocycles. The van der Waals surface area contributed by atoms with E-state index in [9.17, 15) is 10.1 Å². The molecule has 8 nitrogen and oxygen atoms in total. The van der Waals surface area contributed by atoms with Gasteiger partial charge in [-0.3, -0.25) is 10.1 Å². The summed E-state index contributed by atoms with van der Waals surface area (Å²) in [6, 6.07) is 6.13. The summed E-state index contributed by atoms with van der Waals surface area (Å²) < 4.78 is -1.88. The summed E-state index contributed by atoms with van der Waals surface area (Å²) in [6.45, 7) is 3.56. The zero-order valence-electron chi connectivity index (χ0n) is 14.2. The lowest BCUT2D eigenvalue weighted by Crippen LogP contribution is -2.26. The molecule has 1 N–H and O–H groups in total. The molecule has 1 aliphatic rings. The highest BCUT2D eigenvalue weighted by Gasteiger charge is 2.29. The van der Waals surface area contributed by atoms with E-state index in [1.165, 1.54) is 18.9 Å². The summed E-state index contributed by atoms with van der Waals surface area (Å²) in [5, 5.41) is 14.4. The smallest absolute Gasteiger partial charge is 0.280 e. The molecular formula is C16H17Cl3N6O2. The van der Waals surface area contributed by atoms with E-state index in [0.717, 1.165) is 19.6 Å². The number of nitrogens with one attached hydrogen (secondary N) is 1. The number of nitro groups is 1. The van der Waals surface area contributed by atoms with Crippen LogP contribution in [0.2, 0.25) is 0 Å². The molecule has 1 saturated heterocycles. The van der Waals surface area contributed by atoms with Crippen molar-refractivity contribution in [3.05, 3.63) is 40.2 Å². The van der Waals surface area contributed by atoms with Crippen LogP contribution in [0.5, 0.6) is 0 Å². The number of hydrogen-bond donors (Lipinski definition) is 1. The monoisotopic (exact) mass is 430 g/mol. The van der Waals surface area contributed by atoms with Gasteiger partial charge in [-0.15, -0.1) is 0 Å². The van der Waals surface area contributed by atoms with Gasteiger partial charge >= 0.3 is 0 Å². The number of para-hydroxylation sites is 1. The van der Waals surface area contributed by atoms with Gasteiger partial charge in [0.25, 0.3) is 5.69 Å². The predicted octanol–water partition coefficient (Wildman–Crippen LogP) is 3.78. The Hall–Kier alpha value is -1.74. The summed E-state index contributed by atoms with van der Waals surface area (Å²) in [4.78, 5) is 25.7. The molecule has 1 fully saturated rings. The van der Waals surface area contributed by atoms with Crippen LogP contribution in [-0.2, 0) is 3.79 Å². The summed E-state index contributed by atoms with van der Waals surface area (Å²) in [5.41, 5.74) is 0.0879. The number of aromatic nitrogens is 3. The fraction of sp³-hybridized carbons (Fsp3) is 0.438. The summed E-state index contributed by atoms with van der Waals surface area (Å²) in [7, 11) is 0. The number of likely N-dealkylation sites (tertiary alicyclic amines) is 1. The SMILES string of the molecule is O=[N+]([O-])c1ccccc1-c1nc(NCCN2CCCC2)nc(C(Cl)(Cl)Cl)n1. The van der Waals surface area contributed by atoms with Crippen LogP contribution in [0.1, 0.15) is 18.7 Å². The third-order valence-electron chi connectivity index (χ3n) is 4.14. The Kier molecular flexibility index (Phi) is 6.31. The largest absolute Gasteiger partial charge is 0.353 e. The van der Waals surface area contributed by atoms with E-state index in [4.69, 9.17) is 34.8 Å². The number of benzene rings is 1. The number of hydrogen-bond acceptors (Lipinski definition) is 7. The van der Waals surface area contributed by atoms with Gasteiger partial charge in [0.1, 0.15) is 0 Å². The molecule has 0 atom stereocenters. The van der Waals surface area contributed by atoms with Crippen molar-refractivity contribution in [3.8, 4) is 11.4 Å². The molecule has 3 rings (SSSR count). The molecule has 144 valence electrons. The highest BCUT2D eigenvalue weighted by molar-refractivity contribution is 6.66. The summed E-state index contributed by atoms with van der Waals surface area (Å²) >= 11 is 17.8. The van der Waals surface area contributed by atoms with Crippen molar-refractivity contribution in [1.29, 1.82) is 0 Å². The van der Waals surface area contributed by atoms with Crippen LogP contribution < -0.4 is 5.32 Å². The van der Waals surface area contributed by atoms with Gasteiger partial charge in [-0.05, 0) is 32.0 Å². The molecular weight excluding hydrogens is 415 g/mol. The van der Waals surface area contributed by atoms with Crippen LogP contribution in [0, 0.1) is 10.1 Å². The van der Waals surface area contributed by atoms with Crippen LogP contribution in [0.4, 0.5) is 11.6 Å². The van der Waals surface area contributed by atoms with Crippen LogP contribution >= 0.6 is 34.8 Å². The first-order chi connectivity index (χ1) is 12.8. The minimum Gasteiger partial charge on any atom is -0.353 e. The van der Waals surface area contributed by atoms with Crippen molar-refractivity contribution in [3.63, 3.8) is 0 Å². The van der Waals surface area contributed by atoms with E-state index in [1.807, 2.05) is 0 Å². The molecule has 0 radical (unpaired) electrons. The number of alkyl halides is 3. The quantitative estimate of drug-likeness (QED) is 0.422. The molecule has 11 heteroatoms. The number of nitro benzene ring substituents is 1. The fourth-order valence-electron chi connectivity index (χ4n) is 2.86. The van der Waals surface area contributed by atoms with Crippen molar-refractivity contribution in [2.24, 2.45) is 0 Å². The summed E-state index contributed by atoms with van der Waals surface area (Å²) in [6.07, 6.45) is 2.40. The second-order valence-corrected chi connectivity index (χ2v) is 8.34. The highest BCUT2D eigenvalue weighted by atomic mass is 35.6. The maximum absolute atomic E-state index is 11.3. The van der Waals surface area contributed by atoms with Gasteiger partial charge in [0.2, 0.25) is 9.74 Å². The molecule has 0 bridgehead atoms. The number of rotatable bonds is 6. The predicted molar refractivity (Wildman–Crippen MR) is 105 cm³/mol. The maximum Gasteiger partial charge on any atom is 0.280 e. The molecule has 1 aromatic heterocycles. The Morgan fingerprint density at radius 1 is 1.15 bits per heavy atom. The lowest BCUT2D eigenvalue weighted by molar-refractivity contribution is -0.384. The Labute approximate surface area is 171 Å². The first-order valence-corrected chi connectivity index (χ1v) is 9.51. The Morgan fingerprint density at radius 3 is 2.52 bits per heavy atom. The van der Waals surface area contributed by atoms with Crippen molar-refractivity contribution < 1.29 is 4.92 Å². The van der Waals surface area contributed by atoms with E-state index in [1.54, 1.807) is 18.2 Å². The normalized spacial score (nSPS) is 15.1. The number of anilines is 1. The lowest BCUT2D eigenvalue weighted by atomic mass is 10.1. The van der Waals surface area contributed by atoms with Gasteiger partial charge in [0, 0.05) is 19.2 Å². The Balaban J connectivity index is 1.90. The van der Waals surface area contributed by atoms with Gasteiger partial charge in [0.15, 0.2) is 11.6 Å². The lowest BCUT2D eigenvalue weighted by Gasteiger charge is -2.16. The van der Waals surface area contributed by atoms with Crippen LogP contribution in [0.15, 0.2) is 24.3 Å². The van der Waals surface area contributed by atoms with Crippen molar-refractivity contribution >= 4 is 46.4 Å². The average Bonchev–Trinajstić information content (AvgIpc) is 3.14. The third kappa shape index (κ3) is 5.16. The fourth-order valence-corrected chi connectivity index (χ4v) is 3.11. The Bertz CT molecular complexity index is 824. The number of nitrogens with zero attached hydrogens (tertiary/aromatic N) is 5. The second kappa shape index (κ2) is 8.52. The average molecular weight is 432 g/mol. The molecule has 2 heterocycles. The van der Waals surface area contributed by atoms with Crippen molar-refractivity contribution in [2.45, 2.75) is 16.6 Å². The van der Waals surface area contributed by atoms with E-state index >= 15 is 0 Å². The van der Waals surface area contributed by atoms with Crippen molar-refractivity contribution in [2.75, 3.05) is 31.5 Å². The molecule has 0 spiro atoms. The maximum atomic E-state index is 11.3. The number of halogens is 3. The van der Waals surface area contributed by atoms with Gasteiger partial charge in [0.05, 0.1) is 10.5 Å². The zero-order valence-corrected chi connectivity index (χ0v) is 16.5. The van der Waals surface area contributed by atoms with E-state index in [2.05, 4.69) is 25.2 Å². The third-order valence-corrected chi connectivity index (χ3v) is 4.65. The van der Waals surface area contributed by atoms with Crippen LogP contribution in [-0.4, -0.2) is 51.0 Å². The highest BCUT2D eigenvalue weighted by Crippen LogP contribution is 2.37. The molecule has 0 unspecified atom stereocenters. The summed E-state index contributed by atoms with van der Waals surface area (Å²) in [5.74, 6) is 0.181. The second-order valence-electron chi connectivity index (χ2n) is 6.05. The van der Waals surface area contributed by atoms with Gasteiger partial charge in [-0.1, -0.05) is 46.9 Å². The van der Waals surface area contributed by atoms with E-state index < -0.39 is 8.72 Å². The van der Waals surface area contributed by atoms with Gasteiger partial charge < -0.3 is 10.2 Å². The topological polar surface area (TPSA) is 97.1 Å². The standard InChI is InChI=1S/C16H17Cl3N6O2/c17-16(18,19)14-21-13(11-5-1-2-6-12(11)25(26)27)22-15(23-14)20-7-10-24-8-3-4-9-24/h1-2,5-6H,3-4,7-10H2,(H,20,21,22,23).